The summed E-state index contributed by atoms with van der Waals surface area (Å²) < 4.78 is 1.47. The Morgan fingerprint density at radius 1 is 1.11 bits per heavy atom. The van der Waals surface area contributed by atoms with Gasteiger partial charge in [-0.1, -0.05) is 11.6 Å². The van der Waals surface area contributed by atoms with Crippen molar-refractivity contribution in [2.45, 2.75) is 27.7 Å². The fraction of sp³-hybridized carbons (Fsp3) is 0.273. The summed E-state index contributed by atoms with van der Waals surface area (Å²) in [5, 5.41) is 4.13. The number of aromatic nitrogens is 1. The highest BCUT2D eigenvalue weighted by Crippen LogP contribution is 2.27. The van der Waals surface area contributed by atoms with Gasteiger partial charge in [0.2, 0.25) is 5.91 Å². The number of fused-ring (bicyclic) bond motifs is 1. The quantitative estimate of drug-likeness (QED) is 0.630. The molecule has 1 heterocycles. The van der Waals surface area contributed by atoms with Crippen molar-refractivity contribution in [1.29, 1.82) is 0 Å². The normalized spacial score (nSPS) is 10.9. The molecule has 2 aromatic carbocycles. The van der Waals surface area contributed by atoms with E-state index in [2.05, 4.69) is 30.1 Å². The first-order chi connectivity index (χ1) is 13.3. The molecule has 0 bridgehead atoms. The molecule has 0 aliphatic heterocycles. The van der Waals surface area contributed by atoms with Gasteiger partial charge < -0.3 is 10.2 Å². The van der Waals surface area contributed by atoms with E-state index < -0.39 is 0 Å². The van der Waals surface area contributed by atoms with Gasteiger partial charge in [0.25, 0.3) is 5.91 Å². The topological polar surface area (TPSA) is 54.3 Å². The number of hydrogen-bond donors (Lipinski definition) is 1. The Morgan fingerprint density at radius 3 is 2.43 bits per heavy atom. The summed E-state index contributed by atoms with van der Waals surface area (Å²) in [4.78, 5) is 27.2. The van der Waals surface area contributed by atoms with Crippen LogP contribution >= 0.6 is 11.6 Å². The molecule has 28 heavy (non-hydrogen) atoms. The minimum atomic E-state index is -0.272. The average molecular weight is 398 g/mol. The highest BCUT2D eigenvalue weighted by molar-refractivity contribution is 6.31. The third-order valence-electron chi connectivity index (χ3n) is 4.94. The second-order valence-electron chi connectivity index (χ2n) is 6.72. The van der Waals surface area contributed by atoms with Gasteiger partial charge in [-0.25, -0.2) is 0 Å². The maximum atomic E-state index is 13.0. The molecule has 1 aromatic heterocycles. The fourth-order valence-corrected chi connectivity index (χ4v) is 3.58. The van der Waals surface area contributed by atoms with Crippen molar-refractivity contribution >= 4 is 45.7 Å². The predicted molar refractivity (Wildman–Crippen MR) is 116 cm³/mol. The third kappa shape index (κ3) is 3.76. The molecule has 1 amide bonds. The molecule has 146 valence electrons. The fourth-order valence-electron chi connectivity index (χ4n) is 3.41. The lowest BCUT2D eigenvalue weighted by Gasteiger charge is -2.22. The summed E-state index contributed by atoms with van der Waals surface area (Å²) >= 11 is 6.11. The maximum absolute atomic E-state index is 13.0. The molecule has 0 saturated heterocycles. The Balaban J connectivity index is 1.96. The first-order valence-electron chi connectivity index (χ1n) is 9.34. The van der Waals surface area contributed by atoms with E-state index in [0.29, 0.717) is 21.5 Å². The van der Waals surface area contributed by atoms with Crippen molar-refractivity contribution in [2.75, 3.05) is 23.3 Å². The van der Waals surface area contributed by atoms with Gasteiger partial charge in [-0.05, 0) is 62.7 Å². The van der Waals surface area contributed by atoms with Crippen LogP contribution in [0.4, 0.5) is 11.4 Å². The number of rotatable bonds is 5. The molecule has 0 atom stereocenters. The Labute approximate surface area is 169 Å². The SMILES string of the molecule is CCN(CC)c1ccc(NC(=O)c2cn(C(C)=O)c3ccc(Cl)cc23)c(C)c1. The van der Waals surface area contributed by atoms with E-state index in [1.54, 1.807) is 24.4 Å². The summed E-state index contributed by atoms with van der Waals surface area (Å²) in [5.74, 6) is -0.433. The minimum Gasteiger partial charge on any atom is -0.372 e. The summed E-state index contributed by atoms with van der Waals surface area (Å²) in [5.41, 5.74) is 3.92. The van der Waals surface area contributed by atoms with Gasteiger partial charge in [0.15, 0.2) is 0 Å². The zero-order valence-electron chi connectivity index (χ0n) is 16.5. The molecule has 0 aliphatic carbocycles. The standard InChI is InChI=1S/C22H24ClN3O2/c1-5-25(6-2)17-8-9-20(14(3)11-17)24-22(28)19-13-26(15(4)27)21-10-7-16(23)12-18(19)21/h7-13H,5-6H2,1-4H3,(H,24,28). The van der Waals surface area contributed by atoms with Crippen LogP contribution in [-0.4, -0.2) is 29.5 Å². The summed E-state index contributed by atoms with van der Waals surface area (Å²) in [6.45, 7) is 9.51. The van der Waals surface area contributed by atoms with Crippen molar-refractivity contribution in [1.82, 2.24) is 4.57 Å². The van der Waals surface area contributed by atoms with Gasteiger partial charge in [0.05, 0.1) is 11.1 Å². The molecule has 0 spiro atoms. The molecule has 0 aliphatic rings. The van der Waals surface area contributed by atoms with E-state index >= 15 is 0 Å². The van der Waals surface area contributed by atoms with Crippen molar-refractivity contribution < 1.29 is 9.59 Å². The van der Waals surface area contributed by atoms with Crippen LogP contribution in [0.15, 0.2) is 42.6 Å². The first kappa shape index (κ1) is 20.0. The number of amides is 1. The van der Waals surface area contributed by atoms with Crippen molar-refractivity contribution in [3.05, 3.63) is 58.7 Å². The molecule has 3 aromatic rings. The first-order valence-corrected chi connectivity index (χ1v) is 9.72. The summed E-state index contributed by atoms with van der Waals surface area (Å²) in [6.07, 6.45) is 1.57. The molecule has 0 saturated carbocycles. The van der Waals surface area contributed by atoms with E-state index in [-0.39, 0.29) is 11.8 Å². The number of hydrogen-bond acceptors (Lipinski definition) is 3. The van der Waals surface area contributed by atoms with Crippen LogP contribution in [0.5, 0.6) is 0 Å². The Hall–Kier alpha value is -2.79. The van der Waals surface area contributed by atoms with Crippen molar-refractivity contribution in [2.24, 2.45) is 0 Å². The number of anilines is 2. The second-order valence-corrected chi connectivity index (χ2v) is 7.16. The molecule has 1 N–H and O–H groups in total. The van der Waals surface area contributed by atoms with Crippen LogP contribution < -0.4 is 10.2 Å². The number of nitrogens with zero attached hydrogens (tertiary/aromatic N) is 2. The molecule has 0 radical (unpaired) electrons. The highest BCUT2D eigenvalue weighted by Gasteiger charge is 2.18. The van der Waals surface area contributed by atoms with Crippen LogP contribution in [0.3, 0.4) is 0 Å². The van der Waals surface area contributed by atoms with Gasteiger partial charge in [-0.3, -0.25) is 14.2 Å². The lowest BCUT2D eigenvalue weighted by molar-refractivity contribution is 0.0941. The van der Waals surface area contributed by atoms with Gasteiger partial charge in [-0.2, -0.15) is 0 Å². The Morgan fingerprint density at radius 2 is 1.82 bits per heavy atom. The second kappa shape index (κ2) is 8.07. The van der Waals surface area contributed by atoms with E-state index in [9.17, 15) is 9.59 Å². The molecule has 0 fully saturated rings. The smallest absolute Gasteiger partial charge is 0.257 e. The molecule has 6 heteroatoms. The molecular weight excluding hydrogens is 374 g/mol. The monoisotopic (exact) mass is 397 g/mol. The zero-order valence-corrected chi connectivity index (χ0v) is 17.3. The average Bonchev–Trinajstić information content (AvgIpc) is 3.04. The Bertz CT molecular complexity index is 1050. The molecular formula is C22H24ClN3O2. The molecule has 0 unspecified atom stereocenters. The lowest BCUT2D eigenvalue weighted by atomic mass is 10.1. The van der Waals surface area contributed by atoms with Gasteiger partial charge in [-0.15, -0.1) is 0 Å². The zero-order chi connectivity index (χ0) is 20.4. The van der Waals surface area contributed by atoms with Gasteiger partial charge >= 0.3 is 0 Å². The van der Waals surface area contributed by atoms with Crippen molar-refractivity contribution in [3.8, 4) is 0 Å². The number of nitrogens with one attached hydrogen (secondary N) is 1. The largest absolute Gasteiger partial charge is 0.372 e. The number of halogens is 1. The number of carbonyl (C=O) groups is 2. The van der Waals surface area contributed by atoms with E-state index in [1.165, 1.54) is 11.5 Å². The van der Waals surface area contributed by atoms with Crippen LogP contribution in [0.25, 0.3) is 10.9 Å². The van der Waals surface area contributed by atoms with Gasteiger partial charge in [0, 0.05) is 48.0 Å². The molecule has 5 nitrogen and oxygen atoms in total. The lowest BCUT2D eigenvalue weighted by Crippen LogP contribution is -2.22. The van der Waals surface area contributed by atoms with Gasteiger partial charge in [0.1, 0.15) is 0 Å². The molecule has 3 rings (SSSR count). The summed E-state index contributed by atoms with van der Waals surface area (Å²) in [7, 11) is 0. The Kier molecular flexibility index (Phi) is 5.75. The minimum absolute atomic E-state index is 0.161. The highest BCUT2D eigenvalue weighted by atomic mass is 35.5. The van der Waals surface area contributed by atoms with Crippen LogP contribution in [0.1, 0.15) is 41.5 Å². The van der Waals surface area contributed by atoms with E-state index in [4.69, 9.17) is 11.6 Å². The predicted octanol–water partition coefficient (Wildman–Crippen LogP) is 5.36. The van der Waals surface area contributed by atoms with Crippen LogP contribution in [0.2, 0.25) is 5.02 Å². The third-order valence-corrected chi connectivity index (χ3v) is 5.17. The summed E-state index contributed by atoms with van der Waals surface area (Å²) in [6, 6.07) is 11.2. The van der Waals surface area contributed by atoms with Crippen LogP contribution in [0, 0.1) is 6.92 Å². The van der Waals surface area contributed by atoms with E-state index in [0.717, 1.165) is 30.0 Å². The number of carbonyl (C=O) groups excluding carboxylic acids is 2. The number of benzene rings is 2. The van der Waals surface area contributed by atoms with E-state index in [1.807, 2.05) is 19.1 Å². The maximum Gasteiger partial charge on any atom is 0.257 e. The number of aryl methyl sites for hydroxylation is 1. The van der Waals surface area contributed by atoms with Crippen molar-refractivity contribution in [3.63, 3.8) is 0 Å². The van der Waals surface area contributed by atoms with Crippen LogP contribution in [-0.2, 0) is 0 Å².